The number of aliphatic hydroxyl groups is 1. The Balaban J connectivity index is 3.47. The molecule has 0 aromatic heterocycles. The van der Waals surface area contributed by atoms with E-state index in [0.29, 0.717) is 23.2 Å². The molecule has 2 N–H and O–H groups in total. The molecular weight excluding hydrogens is 290 g/mol. The van der Waals surface area contributed by atoms with Gasteiger partial charge in [-0.25, -0.2) is 0 Å². The van der Waals surface area contributed by atoms with E-state index in [2.05, 4.69) is 5.32 Å². The molecule has 0 heterocycles. The summed E-state index contributed by atoms with van der Waals surface area (Å²) in [5.74, 6) is -0.164. The summed E-state index contributed by atoms with van der Waals surface area (Å²) in [5, 5.41) is 13.1. The van der Waals surface area contributed by atoms with Crippen molar-refractivity contribution in [2.75, 3.05) is 13.6 Å². The lowest BCUT2D eigenvalue weighted by Crippen LogP contribution is -2.27. The zero-order valence-electron chi connectivity index (χ0n) is 15.3. The minimum atomic E-state index is -0.717. The van der Waals surface area contributed by atoms with Crippen LogP contribution in [0, 0.1) is 10.8 Å². The molecule has 0 bridgehead atoms. The number of aliphatic hydroxyl groups excluding tert-OH is 1. The summed E-state index contributed by atoms with van der Waals surface area (Å²) in [6.07, 6.45) is -0.717. The third kappa shape index (κ3) is 4.72. The number of carbonyl (C=O) groups excluding carboxylic acids is 2. The topological polar surface area (TPSA) is 66.4 Å². The Morgan fingerprint density at radius 1 is 1.00 bits per heavy atom. The molecule has 1 aromatic rings. The Kier molecular flexibility index (Phi) is 5.89. The van der Waals surface area contributed by atoms with Gasteiger partial charge in [-0.3, -0.25) is 9.59 Å². The summed E-state index contributed by atoms with van der Waals surface area (Å²) >= 11 is 0. The van der Waals surface area contributed by atoms with Crippen molar-refractivity contribution >= 4 is 11.6 Å². The van der Waals surface area contributed by atoms with Gasteiger partial charge in [-0.1, -0.05) is 53.7 Å². The van der Waals surface area contributed by atoms with Crippen LogP contribution in [0.25, 0.3) is 0 Å². The van der Waals surface area contributed by atoms with E-state index in [-0.39, 0.29) is 11.6 Å². The van der Waals surface area contributed by atoms with Crippen LogP contribution in [0.5, 0.6) is 0 Å². The van der Waals surface area contributed by atoms with Crippen molar-refractivity contribution in [2.45, 2.75) is 47.6 Å². The fraction of sp³-hybridized carbons (Fsp3) is 0.579. The second kappa shape index (κ2) is 6.93. The lowest BCUT2D eigenvalue weighted by atomic mass is 9.79. The monoisotopic (exact) mass is 319 g/mol. The summed E-state index contributed by atoms with van der Waals surface area (Å²) in [6.45, 7) is 11.4. The van der Waals surface area contributed by atoms with Crippen molar-refractivity contribution in [1.82, 2.24) is 5.32 Å². The van der Waals surface area contributed by atoms with Gasteiger partial charge in [0, 0.05) is 28.5 Å². The average molecular weight is 319 g/mol. The fourth-order valence-electron chi connectivity index (χ4n) is 2.27. The first kappa shape index (κ1) is 19.5. The Labute approximate surface area is 139 Å². The van der Waals surface area contributed by atoms with E-state index in [0.717, 1.165) is 0 Å². The molecule has 1 rings (SSSR count). The van der Waals surface area contributed by atoms with E-state index in [4.69, 9.17) is 0 Å². The number of hydrogen-bond acceptors (Lipinski definition) is 4. The molecule has 0 amide bonds. The molecule has 4 heteroatoms. The number of Topliss-reactive ketones (excluding diaryl/α,β-unsaturated/α-hetero) is 2. The third-order valence-corrected chi connectivity index (χ3v) is 3.68. The van der Waals surface area contributed by atoms with Crippen LogP contribution in [0.4, 0.5) is 0 Å². The smallest absolute Gasteiger partial charge is 0.168 e. The average Bonchev–Trinajstić information content (AvgIpc) is 2.43. The van der Waals surface area contributed by atoms with E-state index < -0.39 is 16.9 Å². The van der Waals surface area contributed by atoms with Crippen LogP contribution < -0.4 is 5.32 Å². The normalized spacial score (nSPS) is 13.7. The number of nitrogens with one attached hydrogen (secondary N) is 1. The first-order valence-corrected chi connectivity index (χ1v) is 7.95. The number of likely N-dealkylation sites (N-methyl/N-ethyl adjacent to an activating group) is 1. The highest BCUT2D eigenvalue weighted by Crippen LogP contribution is 2.30. The van der Waals surface area contributed by atoms with Gasteiger partial charge in [0.05, 0.1) is 6.10 Å². The Morgan fingerprint density at radius 2 is 1.48 bits per heavy atom. The fourth-order valence-corrected chi connectivity index (χ4v) is 2.27. The zero-order valence-corrected chi connectivity index (χ0v) is 15.3. The number of rotatable bonds is 5. The molecule has 1 atom stereocenters. The standard InChI is InChI=1S/C19H29NO3/c1-18(2,3)16(22)13-9-8-12(15(21)11-20-7)10-14(13)17(23)19(4,5)6/h8-10,15,20-21H,11H2,1-7H3. The number of benzene rings is 1. The van der Waals surface area contributed by atoms with Gasteiger partial charge in [0.25, 0.3) is 0 Å². The van der Waals surface area contributed by atoms with Gasteiger partial charge >= 0.3 is 0 Å². The maximum Gasteiger partial charge on any atom is 0.168 e. The largest absolute Gasteiger partial charge is 0.387 e. The van der Waals surface area contributed by atoms with Crippen molar-refractivity contribution in [1.29, 1.82) is 0 Å². The van der Waals surface area contributed by atoms with Crippen LogP contribution in [0.2, 0.25) is 0 Å². The number of carbonyl (C=O) groups is 2. The van der Waals surface area contributed by atoms with Crippen LogP contribution in [-0.4, -0.2) is 30.3 Å². The highest BCUT2D eigenvalue weighted by atomic mass is 16.3. The Bertz CT molecular complexity index is 592. The predicted molar refractivity (Wildman–Crippen MR) is 92.9 cm³/mol. The maximum atomic E-state index is 12.8. The highest BCUT2D eigenvalue weighted by molar-refractivity contribution is 6.12. The second-order valence-corrected chi connectivity index (χ2v) is 8.04. The highest BCUT2D eigenvalue weighted by Gasteiger charge is 2.31. The van der Waals surface area contributed by atoms with Crippen molar-refractivity contribution in [3.05, 3.63) is 34.9 Å². The first-order chi connectivity index (χ1) is 10.4. The minimum absolute atomic E-state index is 0.0697. The van der Waals surface area contributed by atoms with E-state index in [1.165, 1.54) is 0 Å². The van der Waals surface area contributed by atoms with Crippen molar-refractivity contribution in [3.8, 4) is 0 Å². The number of ketones is 2. The molecule has 0 aliphatic rings. The van der Waals surface area contributed by atoms with Gasteiger partial charge in [0.15, 0.2) is 11.6 Å². The molecule has 0 saturated carbocycles. The van der Waals surface area contributed by atoms with Crippen LogP contribution in [0.15, 0.2) is 18.2 Å². The molecule has 1 aromatic carbocycles. The van der Waals surface area contributed by atoms with Gasteiger partial charge in [-0.05, 0) is 18.7 Å². The Hall–Kier alpha value is -1.52. The molecule has 0 fully saturated rings. The Morgan fingerprint density at radius 3 is 1.91 bits per heavy atom. The second-order valence-electron chi connectivity index (χ2n) is 8.04. The van der Waals surface area contributed by atoms with Crippen LogP contribution in [-0.2, 0) is 0 Å². The molecule has 0 spiro atoms. The van der Waals surface area contributed by atoms with E-state index in [1.807, 2.05) is 41.5 Å². The molecular formula is C19H29NO3. The van der Waals surface area contributed by atoms with E-state index >= 15 is 0 Å². The first-order valence-electron chi connectivity index (χ1n) is 7.95. The van der Waals surface area contributed by atoms with Crippen LogP contribution in [0.1, 0.15) is 73.9 Å². The predicted octanol–water partition coefficient (Wildman–Crippen LogP) is 3.40. The lowest BCUT2D eigenvalue weighted by Gasteiger charge is -2.23. The molecule has 0 radical (unpaired) electrons. The summed E-state index contributed by atoms with van der Waals surface area (Å²) in [4.78, 5) is 25.5. The van der Waals surface area contributed by atoms with Crippen molar-refractivity contribution in [3.63, 3.8) is 0 Å². The van der Waals surface area contributed by atoms with E-state index in [1.54, 1.807) is 25.2 Å². The van der Waals surface area contributed by atoms with Crippen LogP contribution >= 0.6 is 0 Å². The lowest BCUT2D eigenvalue weighted by molar-refractivity contribution is 0.0823. The summed E-state index contributed by atoms with van der Waals surface area (Å²) in [6, 6.07) is 5.05. The molecule has 4 nitrogen and oxygen atoms in total. The third-order valence-electron chi connectivity index (χ3n) is 3.68. The molecule has 0 aliphatic carbocycles. The number of hydrogen-bond donors (Lipinski definition) is 2. The van der Waals surface area contributed by atoms with Gasteiger partial charge in [0.1, 0.15) is 0 Å². The molecule has 0 aliphatic heterocycles. The van der Waals surface area contributed by atoms with Gasteiger partial charge in [-0.2, -0.15) is 0 Å². The maximum absolute atomic E-state index is 12.8. The quantitative estimate of drug-likeness (QED) is 0.816. The van der Waals surface area contributed by atoms with Crippen molar-refractivity contribution in [2.24, 2.45) is 10.8 Å². The SMILES string of the molecule is CNCC(O)c1ccc(C(=O)C(C)(C)C)c(C(=O)C(C)(C)C)c1. The minimum Gasteiger partial charge on any atom is -0.387 e. The van der Waals surface area contributed by atoms with Crippen LogP contribution in [0.3, 0.4) is 0 Å². The molecule has 0 saturated heterocycles. The van der Waals surface area contributed by atoms with Gasteiger partial charge in [0.2, 0.25) is 0 Å². The molecule has 23 heavy (non-hydrogen) atoms. The zero-order chi connectivity index (χ0) is 18.0. The van der Waals surface area contributed by atoms with Gasteiger partial charge < -0.3 is 10.4 Å². The van der Waals surface area contributed by atoms with Gasteiger partial charge in [-0.15, -0.1) is 0 Å². The van der Waals surface area contributed by atoms with E-state index in [9.17, 15) is 14.7 Å². The molecule has 1 unspecified atom stereocenters. The molecule has 128 valence electrons. The van der Waals surface area contributed by atoms with Crippen molar-refractivity contribution < 1.29 is 14.7 Å². The summed E-state index contributed by atoms with van der Waals surface area (Å²) in [5.41, 5.74) is 0.289. The summed E-state index contributed by atoms with van der Waals surface area (Å²) < 4.78 is 0. The summed E-state index contributed by atoms with van der Waals surface area (Å²) in [7, 11) is 1.75.